The topological polar surface area (TPSA) is 50.4 Å². The third-order valence-corrected chi connectivity index (χ3v) is 3.96. The van der Waals surface area contributed by atoms with Gasteiger partial charge < -0.3 is 15.4 Å². The fraction of sp³-hybridized carbons (Fsp3) is 0.933. The maximum atomic E-state index is 11.8. The van der Waals surface area contributed by atoms with Crippen molar-refractivity contribution in [1.82, 2.24) is 10.6 Å². The molecule has 1 atom stereocenters. The molecule has 0 aromatic rings. The summed E-state index contributed by atoms with van der Waals surface area (Å²) in [5, 5.41) is 6.72. The van der Waals surface area contributed by atoms with E-state index >= 15 is 0 Å². The first kappa shape index (κ1) is 16.4. The Labute approximate surface area is 117 Å². The molecule has 0 bridgehead atoms. The van der Waals surface area contributed by atoms with Crippen molar-refractivity contribution in [2.75, 3.05) is 13.7 Å². The molecule has 1 fully saturated rings. The molecule has 4 nitrogen and oxygen atoms in total. The molecular formula is C15H30N2O2. The van der Waals surface area contributed by atoms with E-state index < -0.39 is 0 Å². The zero-order valence-corrected chi connectivity index (χ0v) is 12.7. The van der Waals surface area contributed by atoms with E-state index in [1.54, 1.807) is 7.11 Å². The van der Waals surface area contributed by atoms with Crippen LogP contribution in [0.3, 0.4) is 0 Å². The van der Waals surface area contributed by atoms with Gasteiger partial charge in [-0.2, -0.15) is 0 Å². The molecule has 2 N–H and O–H groups in total. The third kappa shape index (κ3) is 6.92. The number of rotatable bonds is 8. The third-order valence-electron chi connectivity index (χ3n) is 3.96. The summed E-state index contributed by atoms with van der Waals surface area (Å²) in [6, 6.07) is 1.03. The van der Waals surface area contributed by atoms with Crippen molar-refractivity contribution in [2.24, 2.45) is 0 Å². The van der Waals surface area contributed by atoms with Crippen LogP contribution in [0, 0.1) is 0 Å². The molecule has 1 rings (SSSR count). The van der Waals surface area contributed by atoms with Gasteiger partial charge >= 0.3 is 0 Å². The van der Waals surface area contributed by atoms with Crippen molar-refractivity contribution in [2.45, 2.75) is 77.0 Å². The first-order chi connectivity index (χ1) is 9.15. The average molecular weight is 270 g/mol. The maximum absolute atomic E-state index is 11.8. The zero-order chi connectivity index (χ0) is 14.1. The second kappa shape index (κ2) is 9.32. The zero-order valence-electron chi connectivity index (χ0n) is 12.7. The van der Waals surface area contributed by atoms with E-state index in [1.807, 2.05) is 6.92 Å². The molecule has 1 unspecified atom stereocenters. The summed E-state index contributed by atoms with van der Waals surface area (Å²) in [6.07, 6.45) is 7.30. The van der Waals surface area contributed by atoms with Crippen LogP contribution in [0.25, 0.3) is 0 Å². The summed E-state index contributed by atoms with van der Waals surface area (Å²) in [5.74, 6) is 0.175. The van der Waals surface area contributed by atoms with Crippen molar-refractivity contribution in [3.05, 3.63) is 0 Å². The standard InChI is InChI=1S/C15H30N2O2/c1-4-11-16-13-6-8-14(9-7-13)17-15(18)10-5-12(2)19-3/h12-14,16H,4-11H2,1-3H3,(H,17,18). The lowest BCUT2D eigenvalue weighted by atomic mass is 9.91. The van der Waals surface area contributed by atoms with Crippen molar-refractivity contribution in [3.8, 4) is 0 Å². The fourth-order valence-corrected chi connectivity index (χ4v) is 2.54. The molecule has 1 aliphatic carbocycles. The van der Waals surface area contributed by atoms with Gasteiger partial charge in [-0.25, -0.2) is 0 Å². The first-order valence-corrected chi connectivity index (χ1v) is 7.71. The molecule has 1 saturated carbocycles. The van der Waals surface area contributed by atoms with E-state index in [9.17, 15) is 4.79 Å². The van der Waals surface area contributed by atoms with Crippen LogP contribution in [-0.2, 0) is 9.53 Å². The highest BCUT2D eigenvalue weighted by molar-refractivity contribution is 5.76. The molecule has 0 saturated heterocycles. The second-order valence-corrected chi connectivity index (χ2v) is 5.66. The van der Waals surface area contributed by atoms with Gasteiger partial charge in [-0.15, -0.1) is 0 Å². The molecule has 0 radical (unpaired) electrons. The summed E-state index contributed by atoms with van der Waals surface area (Å²) in [7, 11) is 1.69. The largest absolute Gasteiger partial charge is 0.382 e. The monoisotopic (exact) mass is 270 g/mol. The molecule has 112 valence electrons. The van der Waals surface area contributed by atoms with E-state index in [0.29, 0.717) is 18.5 Å². The Morgan fingerprint density at radius 1 is 1.26 bits per heavy atom. The van der Waals surface area contributed by atoms with Crippen LogP contribution in [0.5, 0.6) is 0 Å². The second-order valence-electron chi connectivity index (χ2n) is 5.66. The van der Waals surface area contributed by atoms with E-state index in [0.717, 1.165) is 25.8 Å². The van der Waals surface area contributed by atoms with E-state index in [-0.39, 0.29) is 12.0 Å². The lowest BCUT2D eigenvalue weighted by Gasteiger charge is -2.29. The van der Waals surface area contributed by atoms with Crippen LogP contribution in [-0.4, -0.2) is 37.7 Å². The lowest BCUT2D eigenvalue weighted by molar-refractivity contribution is -0.122. The van der Waals surface area contributed by atoms with Gasteiger partial charge in [0.2, 0.25) is 5.91 Å². The predicted molar refractivity (Wildman–Crippen MR) is 78.2 cm³/mol. The van der Waals surface area contributed by atoms with Crippen molar-refractivity contribution in [1.29, 1.82) is 0 Å². The van der Waals surface area contributed by atoms with Crippen molar-refractivity contribution < 1.29 is 9.53 Å². The van der Waals surface area contributed by atoms with Crippen molar-refractivity contribution >= 4 is 5.91 Å². The molecule has 1 amide bonds. The number of nitrogens with one attached hydrogen (secondary N) is 2. The Hall–Kier alpha value is -0.610. The first-order valence-electron chi connectivity index (χ1n) is 7.71. The summed E-state index contributed by atoms with van der Waals surface area (Å²) < 4.78 is 5.15. The molecule has 0 spiro atoms. The molecule has 1 aliphatic rings. The van der Waals surface area contributed by atoms with Crippen LogP contribution in [0.4, 0.5) is 0 Å². The molecule has 4 heteroatoms. The Kier molecular flexibility index (Phi) is 8.07. The number of carbonyl (C=O) groups is 1. The number of ether oxygens (including phenoxy) is 1. The normalized spacial score (nSPS) is 25.0. The van der Waals surface area contributed by atoms with Crippen LogP contribution in [0.2, 0.25) is 0 Å². The van der Waals surface area contributed by atoms with Crippen LogP contribution < -0.4 is 10.6 Å². The van der Waals surface area contributed by atoms with E-state index in [1.165, 1.54) is 19.3 Å². The van der Waals surface area contributed by atoms with Gasteiger partial charge in [-0.3, -0.25) is 4.79 Å². The molecular weight excluding hydrogens is 240 g/mol. The summed E-state index contributed by atoms with van der Waals surface area (Å²) in [5.41, 5.74) is 0. The summed E-state index contributed by atoms with van der Waals surface area (Å²) in [6.45, 7) is 5.30. The highest BCUT2D eigenvalue weighted by atomic mass is 16.5. The fourth-order valence-electron chi connectivity index (χ4n) is 2.54. The Morgan fingerprint density at radius 3 is 2.47 bits per heavy atom. The average Bonchev–Trinajstić information content (AvgIpc) is 2.44. The van der Waals surface area contributed by atoms with Crippen molar-refractivity contribution in [3.63, 3.8) is 0 Å². The molecule has 0 aromatic carbocycles. The minimum Gasteiger partial charge on any atom is -0.382 e. The van der Waals surface area contributed by atoms with Gasteiger partial charge in [0.15, 0.2) is 0 Å². The molecule has 19 heavy (non-hydrogen) atoms. The molecule has 0 aromatic heterocycles. The van der Waals surface area contributed by atoms with Gasteiger partial charge in [0, 0.05) is 25.6 Å². The van der Waals surface area contributed by atoms with Gasteiger partial charge in [-0.1, -0.05) is 6.92 Å². The van der Waals surface area contributed by atoms with Crippen LogP contribution in [0.1, 0.15) is 58.8 Å². The smallest absolute Gasteiger partial charge is 0.220 e. The maximum Gasteiger partial charge on any atom is 0.220 e. The highest BCUT2D eigenvalue weighted by Crippen LogP contribution is 2.18. The Morgan fingerprint density at radius 2 is 1.89 bits per heavy atom. The van der Waals surface area contributed by atoms with Gasteiger partial charge in [0.25, 0.3) is 0 Å². The van der Waals surface area contributed by atoms with Gasteiger partial charge in [0.05, 0.1) is 6.10 Å². The predicted octanol–water partition coefficient (Wildman–Crippen LogP) is 2.23. The molecule has 0 aliphatic heterocycles. The van der Waals surface area contributed by atoms with Gasteiger partial charge in [-0.05, 0) is 52.0 Å². The minimum absolute atomic E-state index is 0.166. The van der Waals surface area contributed by atoms with Gasteiger partial charge in [0.1, 0.15) is 0 Å². The number of hydrogen-bond acceptors (Lipinski definition) is 3. The number of methoxy groups -OCH3 is 1. The van der Waals surface area contributed by atoms with E-state index in [2.05, 4.69) is 17.6 Å². The Balaban J connectivity index is 2.12. The number of amides is 1. The van der Waals surface area contributed by atoms with E-state index in [4.69, 9.17) is 4.74 Å². The SMILES string of the molecule is CCCNC1CCC(NC(=O)CCC(C)OC)CC1. The van der Waals surface area contributed by atoms with Crippen LogP contribution >= 0.6 is 0 Å². The number of carbonyl (C=O) groups excluding carboxylic acids is 1. The highest BCUT2D eigenvalue weighted by Gasteiger charge is 2.21. The van der Waals surface area contributed by atoms with Crippen LogP contribution in [0.15, 0.2) is 0 Å². The Bertz CT molecular complexity index is 251. The summed E-state index contributed by atoms with van der Waals surface area (Å²) in [4.78, 5) is 11.8. The quantitative estimate of drug-likeness (QED) is 0.711. The molecule has 0 heterocycles. The minimum atomic E-state index is 0.166. The lowest BCUT2D eigenvalue weighted by Crippen LogP contribution is -2.42. The number of hydrogen-bond donors (Lipinski definition) is 2. The summed E-state index contributed by atoms with van der Waals surface area (Å²) >= 11 is 0.